The number of hydrogen-bond donors (Lipinski definition) is 1. The van der Waals surface area contributed by atoms with Crippen LogP contribution in [0.1, 0.15) is 30.0 Å². The van der Waals surface area contributed by atoms with Crippen LogP contribution in [0.2, 0.25) is 0 Å². The molecule has 8 heteroatoms. The van der Waals surface area contributed by atoms with Crippen molar-refractivity contribution in [3.8, 4) is 0 Å². The Morgan fingerprint density at radius 2 is 1.51 bits per heavy atom. The molecule has 1 heterocycles. The van der Waals surface area contributed by atoms with Crippen LogP contribution in [-0.4, -0.2) is 25.2 Å². The lowest BCUT2D eigenvalue weighted by molar-refractivity contribution is -0.143. The molecule has 3 aromatic carbocycles. The van der Waals surface area contributed by atoms with Gasteiger partial charge in [0.25, 0.3) is 0 Å². The number of hydrogen-bond acceptors (Lipinski definition) is 5. The highest BCUT2D eigenvalue weighted by atomic mass is 127. The van der Waals surface area contributed by atoms with Gasteiger partial charge in [0.1, 0.15) is 17.8 Å². The summed E-state index contributed by atoms with van der Waals surface area (Å²) in [5.74, 6) is -0.212. The summed E-state index contributed by atoms with van der Waals surface area (Å²) in [6, 6.07) is 17.9. The second kappa shape index (κ2) is 12.1. The van der Waals surface area contributed by atoms with E-state index in [2.05, 4.69) is 74.8 Å². The Morgan fingerprint density at radius 1 is 0.886 bits per heavy atom. The summed E-state index contributed by atoms with van der Waals surface area (Å²) in [7, 11) is 0. The van der Waals surface area contributed by atoms with Crippen molar-refractivity contribution in [1.82, 2.24) is 5.32 Å². The standard InChI is InChI=1S/C27H25I2NO5/c1-2-33-24(31)9-8-18-12-20(28)14-22-23-15-21(29)13-19(26(23)35-25(18)22)10-11-30-27(32)34-16-17-6-4-3-5-7-17/h3-7,12-15H,2,8-11,16H2,1H3,(H,30,32). The Labute approximate surface area is 231 Å². The molecule has 1 N–H and O–H groups in total. The zero-order valence-corrected chi connectivity index (χ0v) is 23.6. The van der Waals surface area contributed by atoms with Crippen LogP contribution in [0.25, 0.3) is 21.9 Å². The molecule has 0 saturated heterocycles. The van der Waals surface area contributed by atoms with Crippen molar-refractivity contribution in [2.45, 2.75) is 32.8 Å². The number of esters is 1. The average Bonchev–Trinajstić information content (AvgIpc) is 3.20. The fourth-order valence-electron chi connectivity index (χ4n) is 3.96. The predicted octanol–water partition coefficient (Wildman–Crippen LogP) is 6.76. The molecule has 4 aromatic rings. The maximum atomic E-state index is 12.1. The summed E-state index contributed by atoms with van der Waals surface area (Å²) >= 11 is 4.60. The van der Waals surface area contributed by atoms with E-state index in [4.69, 9.17) is 13.9 Å². The molecular weight excluding hydrogens is 672 g/mol. The number of carbonyl (C=O) groups excluding carboxylic acids is 2. The molecule has 35 heavy (non-hydrogen) atoms. The third-order valence-corrected chi connectivity index (χ3v) is 6.78. The van der Waals surface area contributed by atoms with Crippen LogP contribution in [-0.2, 0) is 33.7 Å². The molecule has 0 spiro atoms. The molecule has 1 aromatic heterocycles. The average molecular weight is 697 g/mol. The first-order valence-electron chi connectivity index (χ1n) is 11.4. The number of ether oxygens (including phenoxy) is 2. The molecule has 0 fully saturated rings. The van der Waals surface area contributed by atoms with Gasteiger partial charge in [-0.1, -0.05) is 30.3 Å². The Balaban J connectivity index is 1.50. The fraction of sp³-hybridized carbons (Fsp3) is 0.259. The number of halogens is 2. The van der Waals surface area contributed by atoms with E-state index in [9.17, 15) is 9.59 Å². The van der Waals surface area contributed by atoms with Gasteiger partial charge >= 0.3 is 12.1 Å². The van der Waals surface area contributed by atoms with E-state index in [1.54, 1.807) is 0 Å². The molecule has 0 unspecified atom stereocenters. The summed E-state index contributed by atoms with van der Waals surface area (Å²) in [6.07, 6.45) is 1.01. The highest BCUT2D eigenvalue weighted by molar-refractivity contribution is 14.1. The van der Waals surface area contributed by atoms with Crippen molar-refractivity contribution < 1.29 is 23.5 Å². The van der Waals surface area contributed by atoms with Gasteiger partial charge in [0.05, 0.1) is 6.61 Å². The molecule has 4 rings (SSSR count). The third-order valence-electron chi connectivity index (χ3n) is 5.54. The molecule has 0 saturated carbocycles. The van der Waals surface area contributed by atoms with Gasteiger partial charge in [-0.15, -0.1) is 0 Å². The summed E-state index contributed by atoms with van der Waals surface area (Å²) in [5.41, 5.74) is 4.54. The normalized spacial score (nSPS) is 11.1. The molecule has 0 aliphatic rings. The lowest BCUT2D eigenvalue weighted by atomic mass is 10.0. The molecular formula is C27H25I2NO5. The highest BCUT2D eigenvalue weighted by Gasteiger charge is 2.17. The van der Waals surface area contributed by atoms with Crippen LogP contribution in [0.5, 0.6) is 0 Å². The SMILES string of the molecule is CCOC(=O)CCc1cc(I)cc2c1oc1c(CCNC(=O)OCc3ccccc3)cc(I)cc12. The van der Waals surface area contributed by atoms with Crippen molar-refractivity contribution in [3.63, 3.8) is 0 Å². The third kappa shape index (κ3) is 6.66. The first kappa shape index (κ1) is 25.7. The van der Waals surface area contributed by atoms with Crippen molar-refractivity contribution in [3.05, 3.63) is 78.4 Å². The van der Waals surface area contributed by atoms with Crippen molar-refractivity contribution >= 4 is 79.2 Å². The molecule has 6 nitrogen and oxygen atoms in total. The van der Waals surface area contributed by atoms with Gasteiger partial charge in [0, 0.05) is 30.9 Å². The second-order valence-corrected chi connectivity index (χ2v) is 10.5. The number of amides is 1. The van der Waals surface area contributed by atoms with E-state index >= 15 is 0 Å². The number of aryl methyl sites for hydroxylation is 1. The summed E-state index contributed by atoms with van der Waals surface area (Å²) in [5, 5.41) is 4.89. The maximum Gasteiger partial charge on any atom is 0.407 e. The van der Waals surface area contributed by atoms with E-state index in [0.717, 1.165) is 45.8 Å². The molecule has 0 bridgehead atoms. The second-order valence-electron chi connectivity index (χ2n) is 8.03. The van der Waals surface area contributed by atoms with E-state index in [-0.39, 0.29) is 12.6 Å². The quantitative estimate of drug-likeness (QED) is 0.155. The number of nitrogens with one attached hydrogen (secondary N) is 1. The van der Waals surface area contributed by atoms with Crippen LogP contribution in [0.15, 0.2) is 59.0 Å². The topological polar surface area (TPSA) is 77.8 Å². The van der Waals surface area contributed by atoms with E-state index in [1.165, 1.54) is 0 Å². The minimum absolute atomic E-state index is 0.212. The smallest absolute Gasteiger partial charge is 0.407 e. The first-order chi connectivity index (χ1) is 16.9. The zero-order chi connectivity index (χ0) is 24.8. The summed E-state index contributed by atoms with van der Waals surface area (Å²) in [4.78, 5) is 24.0. The monoisotopic (exact) mass is 697 g/mol. The van der Waals surface area contributed by atoms with Crippen LogP contribution in [0, 0.1) is 7.14 Å². The number of rotatable bonds is 9. The minimum atomic E-state index is -0.448. The van der Waals surface area contributed by atoms with Gasteiger partial charge < -0.3 is 19.2 Å². The van der Waals surface area contributed by atoms with Crippen LogP contribution >= 0.6 is 45.2 Å². The highest BCUT2D eigenvalue weighted by Crippen LogP contribution is 2.36. The van der Waals surface area contributed by atoms with Gasteiger partial charge in [0.2, 0.25) is 0 Å². The molecule has 182 valence electrons. The molecule has 0 radical (unpaired) electrons. The van der Waals surface area contributed by atoms with Gasteiger partial charge in [-0.25, -0.2) is 4.79 Å². The van der Waals surface area contributed by atoms with Crippen molar-refractivity contribution in [2.75, 3.05) is 13.2 Å². The number of benzene rings is 3. The summed E-state index contributed by atoms with van der Waals surface area (Å²) in [6.45, 7) is 2.84. The summed E-state index contributed by atoms with van der Waals surface area (Å²) < 4.78 is 18.9. The maximum absolute atomic E-state index is 12.1. The lowest BCUT2D eigenvalue weighted by Gasteiger charge is -2.08. The van der Waals surface area contributed by atoms with E-state index in [0.29, 0.717) is 32.4 Å². The van der Waals surface area contributed by atoms with Gasteiger partial charge in [-0.05, 0) is 106 Å². The van der Waals surface area contributed by atoms with Gasteiger partial charge in [-0.2, -0.15) is 0 Å². The largest absolute Gasteiger partial charge is 0.466 e. The van der Waals surface area contributed by atoms with Crippen LogP contribution < -0.4 is 5.32 Å². The van der Waals surface area contributed by atoms with Gasteiger partial charge in [0.15, 0.2) is 0 Å². The van der Waals surface area contributed by atoms with Crippen molar-refractivity contribution in [2.24, 2.45) is 0 Å². The fourth-order valence-corrected chi connectivity index (χ4v) is 5.33. The van der Waals surface area contributed by atoms with E-state index in [1.807, 2.05) is 37.3 Å². The Kier molecular flexibility index (Phi) is 8.88. The molecule has 0 atom stereocenters. The number of fused-ring (bicyclic) bond motifs is 3. The molecule has 1 amide bonds. The molecule has 0 aliphatic heterocycles. The first-order valence-corrected chi connectivity index (χ1v) is 13.5. The van der Waals surface area contributed by atoms with Gasteiger partial charge in [-0.3, -0.25) is 4.79 Å². The Morgan fingerprint density at radius 3 is 2.14 bits per heavy atom. The lowest BCUT2D eigenvalue weighted by Crippen LogP contribution is -2.26. The minimum Gasteiger partial charge on any atom is -0.466 e. The molecule has 0 aliphatic carbocycles. The van der Waals surface area contributed by atoms with Crippen molar-refractivity contribution in [1.29, 1.82) is 0 Å². The van der Waals surface area contributed by atoms with E-state index < -0.39 is 6.09 Å². The zero-order valence-electron chi connectivity index (χ0n) is 19.2. The Bertz CT molecular complexity index is 1350. The predicted molar refractivity (Wildman–Crippen MR) is 152 cm³/mol. The van der Waals surface area contributed by atoms with Crippen LogP contribution in [0.3, 0.4) is 0 Å². The number of carbonyl (C=O) groups is 2. The Hall–Kier alpha value is -2.34. The number of furan rings is 1. The van der Waals surface area contributed by atoms with Crippen LogP contribution in [0.4, 0.5) is 4.79 Å². The number of alkyl carbamates (subject to hydrolysis) is 1.